The molecular formula is C17H19N3S. The average molecular weight is 297 g/mol. The van der Waals surface area contributed by atoms with Crippen LogP contribution >= 0.6 is 11.8 Å². The molecule has 0 aliphatic rings. The highest BCUT2D eigenvalue weighted by molar-refractivity contribution is 7.98. The molecule has 3 rings (SSSR count). The van der Waals surface area contributed by atoms with Gasteiger partial charge in [-0.15, -0.1) is 10.2 Å². The van der Waals surface area contributed by atoms with Gasteiger partial charge in [0.05, 0.1) is 0 Å². The molecule has 0 aliphatic carbocycles. The van der Waals surface area contributed by atoms with Gasteiger partial charge in [-0.05, 0) is 29.7 Å². The Morgan fingerprint density at radius 3 is 2.71 bits per heavy atom. The highest BCUT2D eigenvalue weighted by atomic mass is 32.2. The molecule has 0 amide bonds. The van der Waals surface area contributed by atoms with Gasteiger partial charge in [0, 0.05) is 12.3 Å². The standard InChI is InChI=1S/C17H19N3S/c1-3-11-20-13(2)18-19-17(20)21-12-15-9-6-8-14-7-4-5-10-16(14)15/h4-10H,3,11-12H2,1-2H3. The summed E-state index contributed by atoms with van der Waals surface area (Å²) in [5.41, 5.74) is 1.35. The van der Waals surface area contributed by atoms with E-state index < -0.39 is 0 Å². The minimum atomic E-state index is 0.920. The molecule has 0 radical (unpaired) electrons. The summed E-state index contributed by atoms with van der Waals surface area (Å²) >= 11 is 1.77. The van der Waals surface area contributed by atoms with Crippen LogP contribution in [0, 0.1) is 6.92 Å². The smallest absolute Gasteiger partial charge is 0.191 e. The van der Waals surface area contributed by atoms with E-state index >= 15 is 0 Å². The normalized spacial score (nSPS) is 11.1. The molecule has 108 valence electrons. The van der Waals surface area contributed by atoms with E-state index in [-0.39, 0.29) is 0 Å². The first-order valence-electron chi connectivity index (χ1n) is 7.29. The lowest BCUT2D eigenvalue weighted by atomic mass is 10.1. The van der Waals surface area contributed by atoms with Crippen LogP contribution in [0.5, 0.6) is 0 Å². The highest BCUT2D eigenvalue weighted by Gasteiger charge is 2.09. The lowest BCUT2D eigenvalue weighted by molar-refractivity contribution is 0.605. The zero-order valence-corrected chi connectivity index (χ0v) is 13.2. The Balaban J connectivity index is 1.84. The molecule has 0 unspecified atom stereocenters. The van der Waals surface area contributed by atoms with Gasteiger partial charge in [0.2, 0.25) is 0 Å². The summed E-state index contributed by atoms with van der Waals surface area (Å²) in [7, 11) is 0. The Morgan fingerprint density at radius 2 is 1.86 bits per heavy atom. The van der Waals surface area contributed by atoms with Crippen LogP contribution in [0.2, 0.25) is 0 Å². The second kappa shape index (κ2) is 6.31. The third-order valence-electron chi connectivity index (χ3n) is 3.59. The van der Waals surface area contributed by atoms with E-state index in [0.717, 1.165) is 29.7 Å². The van der Waals surface area contributed by atoms with Crippen molar-refractivity contribution in [1.82, 2.24) is 14.8 Å². The molecule has 0 atom stereocenters. The van der Waals surface area contributed by atoms with Crippen molar-refractivity contribution in [3.8, 4) is 0 Å². The molecule has 1 aromatic heterocycles. The van der Waals surface area contributed by atoms with Crippen LogP contribution in [0.4, 0.5) is 0 Å². The Hall–Kier alpha value is -1.81. The highest BCUT2D eigenvalue weighted by Crippen LogP contribution is 2.26. The van der Waals surface area contributed by atoms with Crippen molar-refractivity contribution in [2.75, 3.05) is 0 Å². The zero-order valence-electron chi connectivity index (χ0n) is 12.4. The predicted octanol–water partition coefficient (Wildman–Crippen LogP) is 4.44. The summed E-state index contributed by atoms with van der Waals surface area (Å²) in [4.78, 5) is 0. The number of aryl methyl sites for hydroxylation is 1. The zero-order chi connectivity index (χ0) is 14.7. The maximum atomic E-state index is 4.31. The first kappa shape index (κ1) is 14.1. The molecule has 0 fully saturated rings. The molecule has 21 heavy (non-hydrogen) atoms. The molecule has 1 heterocycles. The number of aromatic nitrogens is 3. The van der Waals surface area contributed by atoms with E-state index in [1.807, 2.05) is 6.92 Å². The molecule has 0 bridgehead atoms. The number of benzene rings is 2. The maximum Gasteiger partial charge on any atom is 0.191 e. The number of rotatable bonds is 5. The minimum Gasteiger partial charge on any atom is -0.306 e. The van der Waals surface area contributed by atoms with Crippen LogP contribution in [0.1, 0.15) is 24.7 Å². The van der Waals surface area contributed by atoms with Crippen molar-refractivity contribution < 1.29 is 0 Å². The van der Waals surface area contributed by atoms with Gasteiger partial charge in [-0.2, -0.15) is 0 Å². The molecule has 4 heteroatoms. The van der Waals surface area contributed by atoms with Gasteiger partial charge in [-0.3, -0.25) is 0 Å². The fourth-order valence-electron chi connectivity index (χ4n) is 2.51. The van der Waals surface area contributed by atoms with Crippen LogP contribution < -0.4 is 0 Å². The van der Waals surface area contributed by atoms with Gasteiger partial charge in [0.25, 0.3) is 0 Å². The molecule has 0 saturated heterocycles. The van der Waals surface area contributed by atoms with Gasteiger partial charge in [0.15, 0.2) is 5.16 Å². The van der Waals surface area contributed by atoms with Crippen molar-refractivity contribution in [3.63, 3.8) is 0 Å². The Labute approximate surface area is 129 Å². The number of hydrogen-bond donors (Lipinski definition) is 0. The Bertz CT molecular complexity index is 743. The molecule has 0 N–H and O–H groups in total. The molecule has 0 spiro atoms. The Kier molecular flexibility index (Phi) is 4.25. The molecular weight excluding hydrogens is 278 g/mol. The SMILES string of the molecule is CCCn1c(C)nnc1SCc1cccc2ccccc12. The summed E-state index contributed by atoms with van der Waals surface area (Å²) in [6, 6.07) is 15.0. The van der Waals surface area contributed by atoms with E-state index in [0.29, 0.717) is 0 Å². The van der Waals surface area contributed by atoms with E-state index in [1.165, 1.54) is 16.3 Å². The lowest BCUT2D eigenvalue weighted by Crippen LogP contribution is -2.01. The van der Waals surface area contributed by atoms with Crippen LogP contribution in [-0.4, -0.2) is 14.8 Å². The van der Waals surface area contributed by atoms with Crippen molar-refractivity contribution >= 4 is 22.5 Å². The fraction of sp³-hybridized carbons (Fsp3) is 0.294. The van der Waals surface area contributed by atoms with Crippen LogP contribution in [0.3, 0.4) is 0 Å². The minimum absolute atomic E-state index is 0.920. The molecule has 0 aliphatic heterocycles. The summed E-state index contributed by atoms with van der Waals surface area (Å²) < 4.78 is 2.20. The van der Waals surface area contributed by atoms with Crippen molar-refractivity contribution in [1.29, 1.82) is 0 Å². The van der Waals surface area contributed by atoms with Gasteiger partial charge < -0.3 is 4.57 Å². The predicted molar refractivity (Wildman–Crippen MR) is 88.6 cm³/mol. The second-order valence-electron chi connectivity index (χ2n) is 5.11. The molecule has 3 aromatic rings. The summed E-state index contributed by atoms with van der Waals surface area (Å²) in [5.74, 6) is 1.92. The molecule has 2 aromatic carbocycles. The fourth-order valence-corrected chi connectivity index (χ4v) is 3.52. The number of nitrogens with zero attached hydrogens (tertiary/aromatic N) is 3. The van der Waals surface area contributed by atoms with E-state index in [1.54, 1.807) is 11.8 Å². The van der Waals surface area contributed by atoms with Crippen molar-refractivity contribution in [3.05, 3.63) is 53.9 Å². The van der Waals surface area contributed by atoms with Crippen molar-refractivity contribution in [2.45, 2.75) is 37.7 Å². The first-order chi connectivity index (χ1) is 10.3. The van der Waals surface area contributed by atoms with Gasteiger partial charge in [-0.1, -0.05) is 61.2 Å². The maximum absolute atomic E-state index is 4.31. The summed E-state index contributed by atoms with van der Waals surface area (Å²) in [6.45, 7) is 5.18. The van der Waals surface area contributed by atoms with Gasteiger partial charge >= 0.3 is 0 Å². The summed E-state index contributed by atoms with van der Waals surface area (Å²) in [6.07, 6.45) is 1.10. The van der Waals surface area contributed by atoms with E-state index in [9.17, 15) is 0 Å². The average Bonchev–Trinajstić information content (AvgIpc) is 2.86. The first-order valence-corrected chi connectivity index (χ1v) is 8.27. The monoisotopic (exact) mass is 297 g/mol. The van der Waals surface area contributed by atoms with Crippen LogP contribution in [0.25, 0.3) is 10.8 Å². The Morgan fingerprint density at radius 1 is 1.05 bits per heavy atom. The quantitative estimate of drug-likeness (QED) is 0.652. The van der Waals surface area contributed by atoms with E-state index in [2.05, 4.69) is 64.2 Å². The summed E-state index contributed by atoms with van der Waals surface area (Å²) in [5, 5.41) is 12.1. The molecule has 3 nitrogen and oxygen atoms in total. The van der Waals surface area contributed by atoms with Gasteiger partial charge in [0.1, 0.15) is 5.82 Å². The second-order valence-corrected chi connectivity index (χ2v) is 6.05. The number of thioether (sulfide) groups is 1. The van der Waals surface area contributed by atoms with Crippen LogP contribution in [0.15, 0.2) is 47.6 Å². The van der Waals surface area contributed by atoms with Crippen LogP contribution in [-0.2, 0) is 12.3 Å². The van der Waals surface area contributed by atoms with E-state index in [4.69, 9.17) is 0 Å². The number of hydrogen-bond acceptors (Lipinski definition) is 3. The largest absolute Gasteiger partial charge is 0.306 e. The topological polar surface area (TPSA) is 30.7 Å². The molecule has 0 saturated carbocycles. The number of fused-ring (bicyclic) bond motifs is 1. The van der Waals surface area contributed by atoms with Crippen molar-refractivity contribution in [2.24, 2.45) is 0 Å². The third kappa shape index (κ3) is 2.95. The lowest BCUT2D eigenvalue weighted by Gasteiger charge is -2.08. The van der Waals surface area contributed by atoms with Gasteiger partial charge in [-0.25, -0.2) is 0 Å². The third-order valence-corrected chi connectivity index (χ3v) is 4.60.